The van der Waals surface area contributed by atoms with Crippen molar-refractivity contribution in [3.05, 3.63) is 93.2 Å². The zero-order chi connectivity index (χ0) is 35.9. The van der Waals surface area contributed by atoms with E-state index in [1.54, 1.807) is 75.1 Å². The van der Waals surface area contributed by atoms with Gasteiger partial charge in [0.15, 0.2) is 9.84 Å². The van der Waals surface area contributed by atoms with E-state index >= 15 is 9.18 Å². The van der Waals surface area contributed by atoms with Gasteiger partial charge in [0.05, 0.1) is 40.7 Å². The van der Waals surface area contributed by atoms with Crippen LogP contribution in [0, 0.1) is 17.2 Å². The number of aliphatic hydroxyl groups is 1. The molecule has 1 saturated carbocycles. The van der Waals surface area contributed by atoms with E-state index in [0.717, 1.165) is 18.4 Å². The summed E-state index contributed by atoms with van der Waals surface area (Å²) in [5.74, 6) is -1.92. The molecule has 4 unspecified atom stereocenters. The number of nitrogens with zero attached hydrogens (tertiary/aromatic N) is 1. The summed E-state index contributed by atoms with van der Waals surface area (Å²) in [5, 5.41) is 12.9. The average Bonchev–Trinajstić information content (AvgIpc) is 3.87. The second-order valence-electron chi connectivity index (χ2n) is 14.5. The third-order valence-corrected chi connectivity index (χ3v) is 13.0. The number of nitrogens with one attached hydrogen (secondary N) is 1. The first-order valence-corrected chi connectivity index (χ1v) is 18.7. The lowest BCUT2D eigenvalue weighted by Gasteiger charge is -2.52. The van der Waals surface area contributed by atoms with E-state index in [1.165, 1.54) is 19.2 Å². The Morgan fingerprint density at radius 2 is 1.82 bits per heavy atom. The van der Waals surface area contributed by atoms with Crippen LogP contribution in [0.2, 0.25) is 10.0 Å². The lowest BCUT2D eigenvalue weighted by Crippen LogP contribution is -2.59. The second-order valence-corrected chi connectivity index (χ2v) is 18.1. The molecule has 4 atom stereocenters. The summed E-state index contributed by atoms with van der Waals surface area (Å²) in [6.07, 6.45) is 1.46. The second kappa shape index (κ2) is 14.2. The third kappa shape index (κ3) is 7.93. The van der Waals surface area contributed by atoms with E-state index in [2.05, 4.69) is 5.32 Å². The highest BCUT2D eigenvalue weighted by atomic mass is 35.5. The van der Waals surface area contributed by atoms with Gasteiger partial charge in [0.2, 0.25) is 11.8 Å². The summed E-state index contributed by atoms with van der Waals surface area (Å²) in [7, 11) is -2.25. The zero-order valence-electron chi connectivity index (χ0n) is 28.3. The maximum Gasteiger partial charge on any atom is 0.229 e. The monoisotopic (exact) mass is 732 g/mol. The van der Waals surface area contributed by atoms with Crippen LogP contribution in [0.1, 0.15) is 82.0 Å². The molecule has 0 spiro atoms. The summed E-state index contributed by atoms with van der Waals surface area (Å²) in [4.78, 5) is 30.5. The Morgan fingerprint density at radius 3 is 2.41 bits per heavy atom. The van der Waals surface area contributed by atoms with Gasteiger partial charge in [-0.3, -0.25) is 9.59 Å². The summed E-state index contributed by atoms with van der Waals surface area (Å²) < 4.78 is 47.0. The number of anilines is 1. The predicted octanol–water partition coefficient (Wildman–Crippen LogP) is 7.72. The summed E-state index contributed by atoms with van der Waals surface area (Å²) in [6.45, 7) is 6.41. The molecular formula is C37H43Cl2FN2O6S. The van der Waals surface area contributed by atoms with E-state index in [-0.39, 0.29) is 42.0 Å². The van der Waals surface area contributed by atoms with Crippen molar-refractivity contribution < 1.29 is 32.2 Å². The minimum Gasteiger partial charge on any atom is -0.496 e. The number of methoxy groups -OCH3 is 1. The van der Waals surface area contributed by atoms with E-state index in [9.17, 15) is 18.3 Å². The van der Waals surface area contributed by atoms with Crippen molar-refractivity contribution >= 4 is 50.5 Å². The van der Waals surface area contributed by atoms with Crippen molar-refractivity contribution in [3.8, 4) is 5.75 Å². The first-order chi connectivity index (χ1) is 23.0. The molecule has 2 N–H and O–H groups in total. The van der Waals surface area contributed by atoms with Crippen molar-refractivity contribution in [3.63, 3.8) is 0 Å². The van der Waals surface area contributed by atoms with Gasteiger partial charge in [-0.05, 0) is 87.4 Å². The van der Waals surface area contributed by atoms with Crippen LogP contribution < -0.4 is 10.1 Å². The Balaban J connectivity index is 1.63. The number of halogens is 3. The third-order valence-electron chi connectivity index (χ3n) is 9.80. The van der Waals surface area contributed by atoms with Crippen LogP contribution >= 0.6 is 23.2 Å². The lowest BCUT2D eigenvalue weighted by molar-refractivity contribution is -0.156. The van der Waals surface area contributed by atoms with Crippen molar-refractivity contribution in [2.24, 2.45) is 11.3 Å². The molecule has 2 aliphatic rings. The molecular weight excluding hydrogens is 690 g/mol. The number of hydrogen-bond acceptors (Lipinski definition) is 6. The number of carbonyl (C=O) groups is 2. The number of benzene rings is 3. The molecule has 3 aromatic rings. The van der Waals surface area contributed by atoms with Gasteiger partial charge in [-0.25, -0.2) is 12.8 Å². The number of piperidine rings is 1. The highest BCUT2D eigenvalue weighted by Gasteiger charge is 2.55. The molecule has 0 aromatic heterocycles. The Hall–Kier alpha value is -3.18. The van der Waals surface area contributed by atoms with Crippen LogP contribution in [0.3, 0.4) is 0 Å². The number of amides is 2. The molecule has 49 heavy (non-hydrogen) atoms. The average molecular weight is 734 g/mol. The minimum absolute atomic E-state index is 0.0732. The van der Waals surface area contributed by atoms with E-state index in [0.29, 0.717) is 27.6 Å². The normalized spacial score (nSPS) is 22.1. The fourth-order valence-corrected chi connectivity index (χ4v) is 8.56. The van der Waals surface area contributed by atoms with Crippen LogP contribution in [0.5, 0.6) is 5.75 Å². The fourth-order valence-electron chi connectivity index (χ4n) is 6.86. The van der Waals surface area contributed by atoms with Gasteiger partial charge in [0.25, 0.3) is 0 Å². The van der Waals surface area contributed by atoms with Crippen molar-refractivity contribution in [1.29, 1.82) is 0 Å². The number of likely N-dealkylation sites (tertiary alicyclic amines) is 1. The first-order valence-electron chi connectivity index (χ1n) is 16.3. The molecule has 264 valence electrons. The zero-order valence-corrected chi connectivity index (χ0v) is 30.6. The fraction of sp³-hybridized carbons (Fsp3) is 0.459. The maximum absolute atomic E-state index is 15.2. The minimum atomic E-state index is -3.72. The highest BCUT2D eigenvalue weighted by molar-refractivity contribution is 7.92. The standard InChI is InChI=1S/C37H43Cl2FN2O6S/c1-36(2,3)49(46,47)21-31(22-9-10-22)42-34(24-12-14-29(39)30(40)16-24)28(23-7-6-8-26(38)15-23)18-37(4,35(42)45)19-33(44)41-27-13-11-25(20-43)32(17-27)48-5/h6-8,11-17,22,28,31,34,43H,9-10,18-21H2,1-5H3,(H,41,44). The van der Waals surface area contributed by atoms with E-state index in [4.69, 9.17) is 27.9 Å². The SMILES string of the molecule is COc1cc(NC(=O)CC2(C)CC(c3cccc(Cl)c3)C(c3ccc(Cl)c(F)c3)N(C(CS(=O)(=O)C(C)(C)C)C3CC3)C2=O)ccc1CO. The van der Waals surface area contributed by atoms with Gasteiger partial charge in [-0.2, -0.15) is 0 Å². The highest BCUT2D eigenvalue weighted by Crippen LogP contribution is 2.54. The molecule has 8 nitrogen and oxygen atoms in total. The Morgan fingerprint density at radius 1 is 1.10 bits per heavy atom. The summed E-state index contributed by atoms with van der Waals surface area (Å²) in [6, 6.07) is 15.0. The van der Waals surface area contributed by atoms with Crippen LogP contribution in [0.4, 0.5) is 10.1 Å². The molecule has 3 aromatic carbocycles. The first kappa shape index (κ1) is 37.1. The number of carbonyl (C=O) groups excluding carboxylic acids is 2. The molecule has 1 saturated heterocycles. The van der Waals surface area contributed by atoms with Gasteiger partial charge in [0, 0.05) is 40.7 Å². The smallest absolute Gasteiger partial charge is 0.229 e. The number of hydrogen-bond donors (Lipinski definition) is 2. The van der Waals surface area contributed by atoms with Gasteiger partial charge in [-0.15, -0.1) is 0 Å². The Labute approximate surface area is 297 Å². The number of ether oxygens (including phenoxy) is 1. The van der Waals surface area contributed by atoms with Crippen molar-refractivity contribution in [2.45, 2.75) is 82.7 Å². The molecule has 1 heterocycles. The predicted molar refractivity (Wildman–Crippen MR) is 190 cm³/mol. The van der Waals surface area contributed by atoms with Crippen molar-refractivity contribution in [2.75, 3.05) is 18.2 Å². The number of rotatable bonds is 11. The Kier molecular flexibility index (Phi) is 10.8. The number of aliphatic hydroxyl groups excluding tert-OH is 1. The lowest BCUT2D eigenvalue weighted by atomic mass is 9.66. The van der Waals surface area contributed by atoms with E-state index in [1.807, 2.05) is 6.07 Å². The van der Waals surface area contributed by atoms with E-state index < -0.39 is 49.7 Å². The van der Waals surface area contributed by atoms with Gasteiger partial charge >= 0.3 is 0 Å². The quantitative estimate of drug-likeness (QED) is 0.209. The Bertz CT molecular complexity index is 1840. The van der Waals surface area contributed by atoms with Crippen LogP contribution in [0.25, 0.3) is 0 Å². The molecule has 1 aliphatic heterocycles. The molecule has 2 fully saturated rings. The topological polar surface area (TPSA) is 113 Å². The molecule has 2 amide bonds. The van der Waals surface area contributed by atoms with Gasteiger partial charge in [-0.1, -0.05) is 54.4 Å². The van der Waals surface area contributed by atoms with Crippen molar-refractivity contribution in [1.82, 2.24) is 4.90 Å². The molecule has 0 bridgehead atoms. The largest absolute Gasteiger partial charge is 0.496 e. The maximum atomic E-state index is 15.2. The molecule has 5 rings (SSSR count). The van der Waals surface area contributed by atoms with Gasteiger partial charge < -0.3 is 20.1 Å². The summed E-state index contributed by atoms with van der Waals surface area (Å²) >= 11 is 12.6. The summed E-state index contributed by atoms with van der Waals surface area (Å²) in [5.41, 5.74) is 0.939. The van der Waals surface area contributed by atoms with Crippen LogP contribution in [-0.2, 0) is 26.0 Å². The van der Waals surface area contributed by atoms with Gasteiger partial charge in [0.1, 0.15) is 11.6 Å². The van der Waals surface area contributed by atoms with Crippen LogP contribution in [0.15, 0.2) is 60.7 Å². The molecule has 12 heteroatoms. The van der Waals surface area contributed by atoms with Crippen LogP contribution in [-0.4, -0.2) is 53.9 Å². The molecule has 1 aliphatic carbocycles. The number of sulfone groups is 1. The molecule has 0 radical (unpaired) electrons.